The highest BCUT2D eigenvalue weighted by Crippen LogP contribution is 2.20. The van der Waals surface area contributed by atoms with Crippen LogP contribution in [0.5, 0.6) is 0 Å². The largest absolute Gasteiger partial charge is 0.461 e. The second-order valence-electron chi connectivity index (χ2n) is 6.59. The summed E-state index contributed by atoms with van der Waals surface area (Å²) >= 11 is 0. The molecule has 0 radical (unpaired) electrons. The summed E-state index contributed by atoms with van der Waals surface area (Å²) < 4.78 is 5.18. The van der Waals surface area contributed by atoms with Crippen molar-refractivity contribution in [2.45, 2.75) is 19.4 Å². The van der Waals surface area contributed by atoms with Crippen LogP contribution in [0.1, 0.15) is 39.1 Å². The smallest absolute Gasteiger partial charge is 0.306 e. The van der Waals surface area contributed by atoms with Crippen molar-refractivity contribution in [2.75, 3.05) is 0 Å². The lowest BCUT2D eigenvalue weighted by atomic mass is 10.0. The zero-order valence-electron chi connectivity index (χ0n) is 15.8. The molecule has 0 spiro atoms. The highest BCUT2D eigenvalue weighted by atomic mass is 16.5. The molecule has 2 N–H and O–H groups in total. The molecular weight excluding hydrogens is 366 g/mol. The average molecular weight is 387 g/mol. The van der Waals surface area contributed by atoms with Gasteiger partial charge in [0.25, 0.3) is 0 Å². The zero-order chi connectivity index (χ0) is 20.6. The number of hydrogen-bond acceptors (Lipinski definition) is 4. The van der Waals surface area contributed by atoms with Gasteiger partial charge in [0.05, 0.1) is 6.42 Å². The molecule has 0 fully saturated rings. The number of carbonyl (C=O) groups excluding carboxylic acids is 3. The molecule has 0 unspecified atom stereocenters. The Labute approximate surface area is 169 Å². The van der Waals surface area contributed by atoms with Crippen molar-refractivity contribution in [1.82, 2.24) is 0 Å². The number of primary amides is 1. The summed E-state index contributed by atoms with van der Waals surface area (Å²) in [5.41, 5.74) is 8.92. The Hall–Kier alpha value is -3.73. The summed E-state index contributed by atoms with van der Waals surface area (Å²) in [5.74, 6) is -1.12. The molecule has 1 amide bonds. The van der Waals surface area contributed by atoms with Crippen LogP contribution in [0.2, 0.25) is 0 Å². The van der Waals surface area contributed by atoms with E-state index in [-0.39, 0.29) is 25.2 Å². The third-order valence-electron chi connectivity index (χ3n) is 4.48. The number of amides is 1. The molecule has 0 aliphatic carbocycles. The first kappa shape index (κ1) is 20.0. The van der Waals surface area contributed by atoms with Gasteiger partial charge in [-0.1, -0.05) is 66.7 Å². The van der Waals surface area contributed by atoms with Gasteiger partial charge >= 0.3 is 5.97 Å². The SMILES string of the molecule is NC(=O)c1cccc(COC(=O)CCC(=O)c2ccc(-c3ccccc3)cc2)c1. The fourth-order valence-electron chi connectivity index (χ4n) is 2.89. The first-order valence-corrected chi connectivity index (χ1v) is 9.26. The van der Waals surface area contributed by atoms with Crippen molar-refractivity contribution in [3.63, 3.8) is 0 Å². The van der Waals surface area contributed by atoms with Crippen LogP contribution in [0, 0.1) is 0 Å². The molecule has 3 rings (SSSR count). The quantitative estimate of drug-likeness (QED) is 0.464. The summed E-state index contributed by atoms with van der Waals surface area (Å²) in [6.07, 6.45) is 0.0691. The van der Waals surface area contributed by atoms with Crippen molar-refractivity contribution in [3.8, 4) is 11.1 Å². The average Bonchev–Trinajstić information content (AvgIpc) is 2.77. The van der Waals surface area contributed by atoms with E-state index in [1.54, 1.807) is 36.4 Å². The molecule has 0 aliphatic rings. The van der Waals surface area contributed by atoms with E-state index in [0.717, 1.165) is 11.1 Å². The van der Waals surface area contributed by atoms with E-state index in [4.69, 9.17) is 10.5 Å². The van der Waals surface area contributed by atoms with Crippen LogP contribution in [0.4, 0.5) is 0 Å². The van der Waals surface area contributed by atoms with Gasteiger partial charge in [-0.25, -0.2) is 0 Å². The predicted octanol–water partition coefficient (Wildman–Crippen LogP) is 4.16. The number of benzene rings is 3. The number of carbonyl (C=O) groups is 3. The van der Waals surface area contributed by atoms with E-state index in [1.807, 2.05) is 42.5 Å². The lowest BCUT2D eigenvalue weighted by molar-refractivity contribution is -0.144. The second kappa shape index (κ2) is 9.46. The molecule has 0 aromatic heterocycles. The maximum Gasteiger partial charge on any atom is 0.306 e. The Kier molecular flexibility index (Phi) is 6.53. The monoisotopic (exact) mass is 387 g/mol. The molecule has 0 atom stereocenters. The topological polar surface area (TPSA) is 86.5 Å². The number of hydrogen-bond donors (Lipinski definition) is 1. The maximum absolute atomic E-state index is 12.3. The summed E-state index contributed by atoms with van der Waals surface area (Å²) in [6.45, 7) is 0.0277. The van der Waals surface area contributed by atoms with Crippen molar-refractivity contribution in [3.05, 3.63) is 95.6 Å². The van der Waals surface area contributed by atoms with Crippen molar-refractivity contribution < 1.29 is 19.1 Å². The molecule has 29 heavy (non-hydrogen) atoms. The molecule has 0 aliphatic heterocycles. The molecule has 0 saturated heterocycles. The Morgan fingerprint density at radius 2 is 1.41 bits per heavy atom. The molecule has 5 nitrogen and oxygen atoms in total. The maximum atomic E-state index is 12.3. The van der Waals surface area contributed by atoms with E-state index in [2.05, 4.69) is 0 Å². The number of ether oxygens (including phenoxy) is 1. The van der Waals surface area contributed by atoms with Crippen molar-refractivity contribution in [2.24, 2.45) is 5.73 Å². The van der Waals surface area contributed by atoms with Gasteiger partial charge < -0.3 is 10.5 Å². The van der Waals surface area contributed by atoms with Gasteiger partial charge in [0.2, 0.25) is 5.91 Å². The molecule has 146 valence electrons. The summed E-state index contributed by atoms with van der Waals surface area (Å²) in [6, 6.07) is 23.8. The number of nitrogens with two attached hydrogens (primary N) is 1. The molecular formula is C24H21NO4. The van der Waals surface area contributed by atoms with Gasteiger partial charge in [0, 0.05) is 17.5 Å². The molecule has 0 heterocycles. The minimum atomic E-state index is -0.540. The van der Waals surface area contributed by atoms with Crippen LogP contribution < -0.4 is 5.73 Å². The fraction of sp³-hybridized carbons (Fsp3) is 0.125. The fourth-order valence-corrected chi connectivity index (χ4v) is 2.89. The van der Waals surface area contributed by atoms with E-state index < -0.39 is 11.9 Å². The van der Waals surface area contributed by atoms with Gasteiger partial charge in [0.1, 0.15) is 6.61 Å². The number of ketones is 1. The number of rotatable bonds is 8. The van der Waals surface area contributed by atoms with Gasteiger partial charge in [-0.3, -0.25) is 14.4 Å². The van der Waals surface area contributed by atoms with Crippen molar-refractivity contribution >= 4 is 17.7 Å². The van der Waals surface area contributed by atoms with E-state index >= 15 is 0 Å². The third kappa shape index (κ3) is 5.62. The minimum absolute atomic E-state index is 0.00518. The number of esters is 1. The highest BCUT2D eigenvalue weighted by Gasteiger charge is 2.11. The highest BCUT2D eigenvalue weighted by molar-refractivity contribution is 5.98. The Bertz CT molecular complexity index is 1010. The Morgan fingerprint density at radius 1 is 0.724 bits per heavy atom. The summed E-state index contributed by atoms with van der Waals surface area (Å²) in [4.78, 5) is 35.5. The Balaban J connectivity index is 1.49. The standard InChI is InChI=1S/C24H21NO4/c25-24(28)21-8-4-5-17(15-21)16-29-23(27)14-13-22(26)20-11-9-19(10-12-20)18-6-2-1-3-7-18/h1-12,15H,13-14,16H2,(H2,25,28). The normalized spacial score (nSPS) is 10.3. The van der Waals surface area contributed by atoms with E-state index in [1.165, 1.54) is 0 Å². The van der Waals surface area contributed by atoms with Crippen molar-refractivity contribution in [1.29, 1.82) is 0 Å². The van der Waals surface area contributed by atoms with Gasteiger partial charge in [-0.2, -0.15) is 0 Å². The lowest BCUT2D eigenvalue weighted by Gasteiger charge is -2.06. The van der Waals surface area contributed by atoms with Crippen LogP contribution in [-0.2, 0) is 16.1 Å². The summed E-state index contributed by atoms with van der Waals surface area (Å²) in [5, 5.41) is 0. The lowest BCUT2D eigenvalue weighted by Crippen LogP contribution is -2.12. The van der Waals surface area contributed by atoms with Crippen LogP contribution in [0.15, 0.2) is 78.9 Å². The molecule has 5 heteroatoms. The van der Waals surface area contributed by atoms with Crippen LogP contribution in [-0.4, -0.2) is 17.7 Å². The second-order valence-corrected chi connectivity index (χ2v) is 6.59. The van der Waals surface area contributed by atoms with Gasteiger partial charge in [-0.05, 0) is 28.8 Å². The molecule has 3 aromatic rings. The first-order chi connectivity index (χ1) is 14.0. The summed E-state index contributed by atoms with van der Waals surface area (Å²) in [7, 11) is 0. The van der Waals surface area contributed by atoms with Crippen LogP contribution in [0.3, 0.4) is 0 Å². The molecule has 0 bridgehead atoms. The molecule has 0 saturated carbocycles. The van der Waals surface area contributed by atoms with Gasteiger partial charge in [-0.15, -0.1) is 0 Å². The van der Waals surface area contributed by atoms with E-state index in [9.17, 15) is 14.4 Å². The first-order valence-electron chi connectivity index (χ1n) is 9.26. The predicted molar refractivity (Wildman–Crippen MR) is 110 cm³/mol. The van der Waals surface area contributed by atoms with E-state index in [0.29, 0.717) is 16.7 Å². The van der Waals surface area contributed by atoms with Crippen LogP contribution in [0.25, 0.3) is 11.1 Å². The Morgan fingerprint density at radius 3 is 2.10 bits per heavy atom. The zero-order valence-corrected chi connectivity index (χ0v) is 15.8. The molecule has 3 aromatic carbocycles. The van der Waals surface area contributed by atoms with Gasteiger partial charge in [0.15, 0.2) is 5.78 Å². The minimum Gasteiger partial charge on any atom is -0.461 e. The van der Waals surface area contributed by atoms with Crippen LogP contribution >= 0.6 is 0 Å². The number of Topliss-reactive ketones (excluding diaryl/α,β-unsaturated/α-hetero) is 1. The third-order valence-corrected chi connectivity index (χ3v) is 4.48.